The first-order valence-corrected chi connectivity index (χ1v) is 10.9. The van der Waals surface area contributed by atoms with Crippen molar-refractivity contribution >= 4 is 23.5 Å². The minimum atomic E-state index is -0.970. The molecule has 166 valence electrons. The summed E-state index contributed by atoms with van der Waals surface area (Å²) in [6.45, 7) is -0.337. The number of nitrogens with zero attached hydrogens (tertiary/aromatic N) is 1. The number of carbonyl (C=O) groups is 3. The molecule has 3 aromatic rings. The number of urea groups is 1. The minimum Gasteiger partial charge on any atom is -0.457 e. The van der Waals surface area contributed by atoms with Gasteiger partial charge in [-0.2, -0.15) is 0 Å². The third-order valence-electron chi connectivity index (χ3n) is 6.10. The van der Waals surface area contributed by atoms with Crippen LogP contribution in [-0.2, 0) is 22.4 Å². The molecule has 1 saturated heterocycles. The van der Waals surface area contributed by atoms with E-state index < -0.39 is 17.5 Å². The number of anilines is 1. The molecule has 1 aliphatic heterocycles. The van der Waals surface area contributed by atoms with Crippen LogP contribution < -0.4 is 15.4 Å². The van der Waals surface area contributed by atoms with Gasteiger partial charge in [-0.1, -0.05) is 42.5 Å². The van der Waals surface area contributed by atoms with Crippen molar-refractivity contribution in [2.24, 2.45) is 0 Å². The molecule has 7 heteroatoms. The second-order valence-corrected chi connectivity index (χ2v) is 8.34. The van der Waals surface area contributed by atoms with Crippen LogP contribution in [0.1, 0.15) is 17.5 Å². The molecule has 1 spiro atoms. The molecule has 7 nitrogen and oxygen atoms in total. The Morgan fingerprint density at radius 2 is 1.58 bits per heavy atom. The highest BCUT2D eigenvalue weighted by Crippen LogP contribution is 2.33. The molecule has 4 amide bonds. The number of aryl methyl sites for hydroxylation is 1. The Balaban J connectivity index is 1.21. The number of carbonyl (C=O) groups excluding carboxylic acids is 3. The highest BCUT2D eigenvalue weighted by molar-refractivity contribution is 6.10. The van der Waals surface area contributed by atoms with Gasteiger partial charge in [0.05, 0.1) is 0 Å². The quantitative estimate of drug-likeness (QED) is 0.588. The van der Waals surface area contributed by atoms with Gasteiger partial charge in [0.25, 0.3) is 5.91 Å². The van der Waals surface area contributed by atoms with Crippen molar-refractivity contribution in [3.05, 3.63) is 90.0 Å². The molecule has 1 unspecified atom stereocenters. The van der Waals surface area contributed by atoms with Crippen LogP contribution in [0, 0.1) is 0 Å². The van der Waals surface area contributed by atoms with Gasteiger partial charge in [0.15, 0.2) is 0 Å². The van der Waals surface area contributed by atoms with Crippen LogP contribution >= 0.6 is 0 Å². The summed E-state index contributed by atoms with van der Waals surface area (Å²) < 4.78 is 5.74. The van der Waals surface area contributed by atoms with E-state index in [-0.39, 0.29) is 12.5 Å². The molecule has 33 heavy (non-hydrogen) atoms. The summed E-state index contributed by atoms with van der Waals surface area (Å²) in [4.78, 5) is 39.3. The standard InChI is InChI=1S/C26H23N3O4/c30-23(27-20-10-12-22(13-11-20)33-21-8-2-1-3-9-21)17-29-24(31)26(28-25(29)32)15-14-18-6-4-5-7-19(18)16-26/h1-13H,14-17H2,(H,27,30)(H,28,32). The van der Waals surface area contributed by atoms with Crippen LogP contribution in [-0.4, -0.2) is 34.8 Å². The van der Waals surface area contributed by atoms with Crippen LogP contribution in [0.25, 0.3) is 0 Å². The van der Waals surface area contributed by atoms with Gasteiger partial charge in [-0.25, -0.2) is 4.79 Å². The van der Waals surface area contributed by atoms with Crippen LogP contribution in [0.15, 0.2) is 78.9 Å². The Bertz CT molecular complexity index is 1210. The second kappa shape index (κ2) is 8.43. The van der Waals surface area contributed by atoms with Gasteiger partial charge < -0.3 is 15.4 Å². The van der Waals surface area contributed by atoms with Crippen LogP contribution in [0.4, 0.5) is 10.5 Å². The van der Waals surface area contributed by atoms with Gasteiger partial charge in [0.2, 0.25) is 5.91 Å². The molecule has 0 radical (unpaired) electrons. The molecular formula is C26H23N3O4. The Morgan fingerprint density at radius 3 is 2.33 bits per heavy atom. The van der Waals surface area contributed by atoms with E-state index in [9.17, 15) is 14.4 Å². The maximum atomic E-state index is 13.2. The third kappa shape index (κ3) is 4.17. The largest absolute Gasteiger partial charge is 0.457 e. The maximum absolute atomic E-state index is 13.2. The van der Waals surface area contributed by atoms with Gasteiger partial charge in [-0.15, -0.1) is 0 Å². The monoisotopic (exact) mass is 441 g/mol. The summed E-state index contributed by atoms with van der Waals surface area (Å²) in [5.41, 5.74) is 1.83. The number of para-hydroxylation sites is 1. The topological polar surface area (TPSA) is 87.7 Å². The number of nitrogens with one attached hydrogen (secondary N) is 2. The van der Waals surface area contributed by atoms with Crippen molar-refractivity contribution in [3.63, 3.8) is 0 Å². The lowest BCUT2D eigenvalue weighted by atomic mass is 9.78. The van der Waals surface area contributed by atoms with Gasteiger partial charge >= 0.3 is 6.03 Å². The van der Waals surface area contributed by atoms with E-state index in [4.69, 9.17) is 4.74 Å². The third-order valence-corrected chi connectivity index (χ3v) is 6.10. The Hall–Kier alpha value is -4.13. The fourth-order valence-corrected chi connectivity index (χ4v) is 4.42. The number of rotatable bonds is 5. The number of imide groups is 1. The van der Waals surface area contributed by atoms with E-state index in [0.29, 0.717) is 36.4 Å². The summed E-state index contributed by atoms with van der Waals surface area (Å²) >= 11 is 0. The molecule has 2 N–H and O–H groups in total. The number of hydrogen-bond acceptors (Lipinski definition) is 4. The van der Waals surface area contributed by atoms with Crippen molar-refractivity contribution in [2.75, 3.05) is 11.9 Å². The second-order valence-electron chi connectivity index (χ2n) is 8.34. The zero-order valence-electron chi connectivity index (χ0n) is 17.9. The summed E-state index contributed by atoms with van der Waals surface area (Å²) in [5, 5.41) is 5.59. The van der Waals surface area contributed by atoms with Crippen LogP contribution in [0.5, 0.6) is 11.5 Å². The first-order chi connectivity index (χ1) is 16.0. The Morgan fingerprint density at radius 1 is 0.909 bits per heavy atom. The normalized spacial score (nSPS) is 19.2. The first kappa shape index (κ1) is 20.8. The van der Waals surface area contributed by atoms with Crippen molar-refractivity contribution in [3.8, 4) is 11.5 Å². The fraction of sp³-hybridized carbons (Fsp3) is 0.192. The molecular weight excluding hydrogens is 418 g/mol. The predicted octanol–water partition coefficient (Wildman–Crippen LogP) is 3.90. The summed E-state index contributed by atoms with van der Waals surface area (Å²) in [6.07, 6.45) is 1.67. The van der Waals surface area contributed by atoms with Gasteiger partial charge in [0.1, 0.15) is 23.6 Å². The molecule has 0 saturated carbocycles. The molecule has 1 heterocycles. The molecule has 5 rings (SSSR count). The summed E-state index contributed by atoms with van der Waals surface area (Å²) in [6, 6.07) is 23.7. The van der Waals surface area contributed by atoms with Crippen molar-refractivity contribution < 1.29 is 19.1 Å². The molecule has 1 atom stereocenters. The van der Waals surface area contributed by atoms with Gasteiger partial charge in [-0.05, 0) is 60.4 Å². The smallest absolute Gasteiger partial charge is 0.325 e. The molecule has 0 bridgehead atoms. The lowest BCUT2D eigenvalue weighted by Gasteiger charge is -2.32. The highest BCUT2D eigenvalue weighted by Gasteiger charge is 2.52. The zero-order chi connectivity index (χ0) is 22.8. The highest BCUT2D eigenvalue weighted by atomic mass is 16.5. The van der Waals surface area contributed by atoms with E-state index in [1.54, 1.807) is 24.3 Å². The van der Waals surface area contributed by atoms with E-state index in [1.165, 1.54) is 5.56 Å². The number of ether oxygens (including phenoxy) is 1. The van der Waals surface area contributed by atoms with E-state index in [2.05, 4.69) is 10.6 Å². The van der Waals surface area contributed by atoms with E-state index in [0.717, 1.165) is 10.5 Å². The zero-order valence-corrected chi connectivity index (χ0v) is 17.9. The first-order valence-electron chi connectivity index (χ1n) is 10.9. The molecule has 2 aliphatic rings. The molecule has 1 fully saturated rings. The number of fused-ring (bicyclic) bond motifs is 1. The maximum Gasteiger partial charge on any atom is 0.325 e. The number of amides is 4. The lowest BCUT2D eigenvalue weighted by molar-refractivity contribution is -0.134. The SMILES string of the molecule is O=C(CN1C(=O)NC2(CCc3ccccc3C2)C1=O)Nc1ccc(Oc2ccccc2)cc1. The Labute approximate surface area is 191 Å². The lowest BCUT2D eigenvalue weighted by Crippen LogP contribution is -2.51. The van der Waals surface area contributed by atoms with E-state index in [1.807, 2.05) is 54.6 Å². The summed E-state index contributed by atoms with van der Waals surface area (Å²) in [5.74, 6) is 0.562. The summed E-state index contributed by atoms with van der Waals surface area (Å²) in [7, 11) is 0. The number of benzene rings is 3. The van der Waals surface area contributed by atoms with Crippen molar-refractivity contribution in [1.82, 2.24) is 10.2 Å². The van der Waals surface area contributed by atoms with Gasteiger partial charge in [-0.3, -0.25) is 14.5 Å². The molecule has 3 aromatic carbocycles. The van der Waals surface area contributed by atoms with E-state index >= 15 is 0 Å². The van der Waals surface area contributed by atoms with Crippen LogP contribution in [0.3, 0.4) is 0 Å². The van der Waals surface area contributed by atoms with Crippen molar-refractivity contribution in [2.45, 2.75) is 24.8 Å². The molecule has 0 aromatic heterocycles. The fourth-order valence-electron chi connectivity index (χ4n) is 4.42. The average Bonchev–Trinajstić information content (AvgIpc) is 3.04. The molecule has 1 aliphatic carbocycles. The average molecular weight is 441 g/mol. The van der Waals surface area contributed by atoms with Gasteiger partial charge in [0, 0.05) is 12.1 Å². The number of hydrogen-bond donors (Lipinski definition) is 2. The van der Waals surface area contributed by atoms with Crippen LogP contribution in [0.2, 0.25) is 0 Å². The minimum absolute atomic E-state index is 0.337. The Kier molecular flexibility index (Phi) is 5.30. The predicted molar refractivity (Wildman–Crippen MR) is 123 cm³/mol. The van der Waals surface area contributed by atoms with Crippen molar-refractivity contribution in [1.29, 1.82) is 0 Å².